The van der Waals surface area contributed by atoms with Crippen molar-refractivity contribution in [2.45, 2.75) is 25.1 Å². The van der Waals surface area contributed by atoms with E-state index in [2.05, 4.69) is 10.4 Å². The lowest BCUT2D eigenvalue weighted by molar-refractivity contribution is -0.384. The first-order valence-corrected chi connectivity index (χ1v) is 10.7. The maximum absolute atomic E-state index is 13.3. The van der Waals surface area contributed by atoms with Crippen molar-refractivity contribution in [1.82, 2.24) is 20.0 Å². The van der Waals surface area contributed by atoms with Crippen LogP contribution in [-0.4, -0.2) is 44.5 Å². The minimum absolute atomic E-state index is 0.00641. The number of non-ortho nitro benzene ring substituents is 1. The van der Waals surface area contributed by atoms with Gasteiger partial charge in [-0.05, 0) is 42.3 Å². The molecule has 1 aromatic heterocycles. The van der Waals surface area contributed by atoms with Gasteiger partial charge in [-0.3, -0.25) is 19.7 Å². The molecule has 2 heterocycles. The second-order valence-electron chi connectivity index (χ2n) is 8.01. The van der Waals surface area contributed by atoms with E-state index in [4.69, 9.17) is 0 Å². The largest absolute Gasteiger partial charge is 0.416 e. The van der Waals surface area contributed by atoms with Crippen LogP contribution in [0.2, 0.25) is 0 Å². The lowest BCUT2D eigenvalue weighted by Crippen LogP contribution is -2.39. The zero-order valence-electron chi connectivity index (χ0n) is 18.2. The third kappa shape index (κ3) is 5.48. The highest BCUT2D eigenvalue weighted by Crippen LogP contribution is 2.31. The van der Waals surface area contributed by atoms with Crippen LogP contribution in [0.1, 0.15) is 40.5 Å². The van der Waals surface area contributed by atoms with Gasteiger partial charge in [-0.15, -0.1) is 0 Å². The zero-order valence-corrected chi connectivity index (χ0v) is 18.2. The van der Waals surface area contributed by atoms with Crippen LogP contribution in [0.15, 0.2) is 60.8 Å². The smallest absolute Gasteiger partial charge is 0.342 e. The van der Waals surface area contributed by atoms with Gasteiger partial charge in [0, 0.05) is 37.8 Å². The lowest BCUT2D eigenvalue weighted by Gasteiger charge is -2.25. The number of benzene rings is 2. The van der Waals surface area contributed by atoms with E-state index in [1.807, 2.05) is 0 Å². The van der Waals surface area contributed by atoms with Crippen molar-refractivity contribution in [3.8, 4) is 5.69 Å². The lowest BCUT2D eigenvalue weighted by atomic mass is 10.0. The van der Waals surface area contributed by atoms with Crippen molar-refractivity contribution >= 4 is 17.5 Å². The van der Waals surface area contributed by atoms with Gasteiger partial charge in [-0.2, -0.15) is 18.3 Å². The topological polar surface area (TPSA) is 110 Å². The van der Waals surface area contributed by atoms with Gasteiger partial charge in [0.1, 0.15) is 0 Å². The summed E-state index contributed by atoms with van der Waals surface area (Å²) in [5.74, 6) is -0.765. The fourth-order valence-electron chi connectivity index (χ4n) is 3.83. The monoisotopic (exact) mass is 487 g/mol. The summed E-state index contributed by atoms with van der Waals surface area (Å²) >= 11 is 0. The van der Waals surface area contributed by atoms with E-state index in [1.165, 1.54) is 58.2 Å². The predicted octanol–water partition coefficient (Wildman–Crippen LogP) is 3.89. The number of aromatic nitrogens is 2. The van der Waals surface area contributed by atoms with Gasteiger partial charge in [0.05, 0.1) is 22.2 Å². The number of nitro groups is 1. The number of hydrogen-bond donors (Lipinski definition) is 1. The minimum atomic E-state index is -4.56. The SMILES string of the molecule is O=C(NC(CN1CCCC1=O)c1cccc(C(F)(F)F)c1)c1ccn(-c2ccc([N+](=O)[O-])cc2)n1. The van der Waals surface area contributed by atoms with Crippen LogP contribution in [0.4, 0.5) is 18.9 Å². The second kappa shape index (κ2) is 9.57. The van der Waals surface area contributed by atoms with Crippen LogP contribution in [0.25, 0.3) is 5.69 Å². The molecule has 2 aromatic carbocycles. The van der Waals surface area contributed by atoms with Crippen LogP contribution in [-0.2, 0) is 11.0 Å². The molecule has 0 aliphatic carbocycles. The summed E-state index contributed by atoms with van der Waals surface area (Å²) in [4.78, 5) is 36.9. The molecule has 0 spiro atoms. The van der Waals surface area contributed by atoms with Gasteiger partial charge >= 0.3 is 6.18 Å². The Hall–Kier alpha value is -4.22. The molecular formula is C23H20F3N5O4. The average molecular weight is 487 g/mol. The summed E-state index contributed by atoms with van der Waals surface area (Å²) in [6.07, 6.45) is -2.08. The summed E-state index contributed by atoms with van der Waals surface area (Å²) < 4.78 is 41.1. The molecule has 3 aromatic rings. The predicted molar refractivity (Wildman–Crippen MR) is 118 cm³/mol. The third-order valence-corrected chi connectivity index (χ3v) is 5.64. The normalized spacial score (nSPS) is 14.7. The molecule has 0 radical (unpaired) electrons. The summed E-state index contributed by atoms with van der Waals surface area (Å²) in [7, 11) is 0. The molecule has 1 aliphatic heterocycles. The number of amides is 2. The zero-order chi connectivity index (χ0) is 25.2. The standard InChI is InChI=1S/C23H20F3N5O4/c24-23(25,26)16-4-1-3-15(13-16)20(14-29-11-2-5-21(29)32)27-22(33)19-10-12-30(28-19)17-6-8-18(9-7-17)31(34)35/h1,3-4,6-10,12-13,20H,2,5,11,14H2,(H,27,33). The van der Waals surface area contributed by atoms with Gasteiger partial charge in [-0.25, -0.2) is 4.68 Å². The van der Waals surface area contributed by atoms with Crippen LogP contribution in [0.3, 0.4) is 0 Å². The summed E-state index contributed by atoms with van der Waals surface area (Å²) in [5, 5.41) is 17.7. The maximum Gasteiger partial charge on any atom is 0.416 e. The van der Waals surface area contributed by atoms with Crippen molar-refractivity contribution in [2.75, 3.05) is 13.1 Å². The molecule has 1 atom stereocenters. The number of carbonyl (C=O) groups excluding carboxylic acids is 2. The first-order chi connectivity index (χ1) is 16.6. The molecule has 35 heavy (non-hydrogen) atoms. The quantitative estimate of drug-likeness (QED) is 0.402. The van der Waals surface area contributed by atoms with Gasteiger partial charge < -0.3 is 10.2 Å². The van der Waals surface area contributed by atoms with Crippen molar-refractivity contribution in [1.29, 1.82) is 0 Å². The Bertz CT molecular complexity index is 1260. The highest BCUT2D eigenvalue weighted by molar-refractivity contribution is 5.92. The number of halogens is 3. The van der Waals surface area contributed by atoms with E-state index in [0.29, 0.717) is 25.1 Å². The highest BCUT2D eigenvalue weighted by atomic mass is 19.4. The number of likely N-dealkylation sites (tertiary alicyclic amines) is 1. The van der Waals surface area contributed by atoms with Gasteiger partial charge in [0.25, 0.3) is 11.6 Å². The minimum Gasteiger partial charge on any atom is -0.342 e. The molecule has 2 amide bonds. The van der Waals surface area contributed by atoms with Crippen LogP contribution < -0.4 is 5.32 Å². The Kier molecular flexibility index (Phi) is 6.54. The molecule has 1 N–H and O–H groups in total. The number of alkyl halides is 3. The van der Waals surface area contributed by atoms with Crippen molar-refractivity contribution in [2.24, 2.45) is 0 Å². The molecule has 12 heteroatoms. The molecule has 9 nitrogen and oxygen atoms in total. The Morgan fingerprint density at radius 3 is 2.54 bits per heavy atom. The van der Waals surface area contributed by atoms with E-state index in [-0.39, 0.29) is 29.4 Å². The second-order valence-corrected chi connectivity index (χ2v) is 8.01. The Labute approximate surface area is 197 Å². The van der Waals surface area contributed by atoms with Gasteiger partial charge in [0.15, 0.2) is 5.69 Å². The number of rotatable bonds is 7. The molecule has 0 bridgehead atoms. The number of nitrogens with zero attached hydrogens (tertiary/aromatic N) is 4. The summed E-state index contributed by atoms with van der Waals surface area (Å²) in [6, 6.07) is 10.7. The number of carbonyl (C=O) groups is 2. The average Bonchev–Trinajstić information content (AvgIpc) is 3.48. The van der Waals surface area contributed by atoms with Crippen molar-refractivity contribution in [3.63, 3.8) is 0 Å². The van der Waals surface area contributed by atoms with E-state index >= 15 is 0 Å². The molecule has 182 valence electrons. The maximum atomic E-state index is 13.3. The Morgan fingerprint density at radius 1 is 1.17 bits per heavy atom. The fourth-order valence-corrected chi connectivity index (χ4v) is 3.83. The van der Waals surface area contributed by atoms with Crippen molar-refractivity contribution in [3.05, 3.63) is 87.7 Å². The van der Waals surface area contributed by atoms with E-state index in [1.54, 1.807) is 0 Å². The highest BCUT2D eigenvalue weighted by Gasteiger charge is 2.32. The summed E-state index contributed by atoms with van der Waals surface area (Å²) in [6.45, 7) is 0.480. The molecule has 1 fully saturated rings. The molecule has 1 saturated heterocycles. The molecular weight excluding hydrogens is 467 g/mol. The van der Waals surface area contributed by atoms with E-state index < -0.39 is 28.6 Å². The number of nitro benzene ring substituents is 1. The molecule has 1 aliphatic rings. The Balaban J connectivity index is 1.57. The van der Waals surface area contributed by atoms with Gasteiger partial charge in [0.2, 0.25) is 5.91 Å². The summed E-state index contributed by atoms with van der Waals surface area (Å²) in [5.41, 5.74) is -0.272. The van der Waals surface area contributed by atoms with E-state index in [0.717, 1.165) is 12.1 Å². The molecule has 0 saturated carbocycles. The third-order valence-electron chi connectivity index (χ3n) is 5.64. The van der Waals surface area contributed by atoms with Crippen molar-refractivity contribution < 1.29 is 27.7 Å². The van der Waals surface area contributed by atoms with Gasteiger partial charge in [-0.1, -0.05) is 12.1 Å². The van der Waals surface area contributed by atoms with Crippen LogP contribution in [0.5, 0.6) is 0 Å². The molecule has 1 unspecified atom stereocenters. The first kappa shape index (κ1) is 23.9. The van der Waals surface area contributed by atoms with Crippen LogP contribution >= 0.6 is 0 Å². The first-order valence-electron chi connectivity index (χ1n) is 10.7. The number of nitrogens with one attached hydrogen (secondary N) is 1. The number of hydrogen-bond acceptors (Lipinski definition) is 5. The molecule has 4 rings (SSSR count). The Morgan fingerprint density at radius 2 is 1.91 bits per heavy atom. The fraction of sp³-hybridized carbons (Fsp3) is 0.261. The van der Waals surface area contributed by atoms with E-state index in [9.17, 15) is 32.9 Å². The van der Waals surface area contributed by atoms with Crippen LogP contribution in [0, 0.1) is 10.1 Å².